The van der Waals surface area contributed by atoms with E-state index >= 15 is 0 Å². The van der Waals surface area contributed by atoms with Crippen LogP contribution in [-0.2, 0) is 11.3 Å². The molecule has 0 unspecified atom stereocenters. The highest BCUT2D eigenvalue weighted by atomic mass is 19.1. The Hall–Kier alpha value is -2.27. The molecule has 1 fully saturated rings. The van der Waals surface area contributed by atoms with Crippen molar-refractivity contribution in [3.8, 4) is 0 Å². The van der Waals surface area contributed by atoms with Crippen LogP contribution in [0.3, 0.4) is 0 Å². The molecule has 1 aliphatic rings. The number of para-hydroxylation sites is 1. The molecule has 0 N–H and O–H groups in total. The number of halogens is 2. The summed E-state index contributed by atoms with van der Waals surface area (Å²) in [6.45, 7) is 3.46. The van der Waals surface area contributed by atoms with Crippen LogP contribution in [0.4, 0.5) is 14.5 Å². The van der Waals surface area contributed by atoms with Crippen molar-refractivity contribution in [3.05, 3.63) is 65.7 Å². The first-order valence-corrected chi connectivity index (χ1v) is 7.60. The van der Waals surface area contributed by atoms with Crippen molar-refractivity contribution >= 4 is 11.6 Å². The standard InChI is InChI=1S/C18H18F2N2O/c1-13-18(23)22(17-5-3-2-4-16(17)20)11-10-21(13)12-14-6-8-15(19)9-7-14/h2-9,13H,10-12H2,1H3/t13-/m0/s1. The van der Waals surface area contributed by atoms with Gasteiger partial charge in [-0.3, -0.25) is 9.69 Å². The Balaban J connectivity index is 1.74. The Morgan fingerprint density at radius 1 is 1.04 bits per heavy atom. The summed E-state index contributed by atoms with van der Waals surface area (Å²) in [6, 6.07) is 12.2. The SMILES string of the molecule is C[C@H]1C(=O)N(c2ccccc2F)CCN1Cc1ccc(F)cc1. The number of hydrogen-bond acceptors (Lipinski definition) is 2. The molecule has 0 spiro atoms. The summed E-state index contributed by atoms with van der Waals surface area (Å²) in [5, 5.41) is 0. The third-order valence-corrected chi connectivity index (χ3v) is 4.22. The van der Waals surface area contributed by atoms with Crippen LogP contribution in [0.5, 0.6) is 0 Å². The zero-order valence-corrected chi connectivity index (χ0v) is 12.9. The Kier molecular flexibility index (Phi) is 4.39. The fourth-order valence-electron chi connectivity index (χ4n) is 2.86. The van der Waals surface area contributed by atoms with Gasteiger partial charge in [-0.05, 0) is 36.8 Å². The van der Waals surface area contributed by atoms with Gasteiger partial charge in [-0.1, -0.05) is 24.3 Å². The first-order chi connectivity index (χ1) is 11.1. The molecule has 1 atom stereocenters. The van der Waals surface area contributed by atoms with E-state index in [1.165, 1.54) is 23.1 Å². The van der Waals surface area contributed by atoms with E-state index in [-0.39, 0.29) is 23.6 Å². The summed E-state index contributed by atoms with van der Waals surface area (Å²) < 4.78 is 26.9. The molecule has 5 heteroatoms. The van der Waals surface area contributed by atoms with Crippen LogP contribution in [0.1, 0.15) is 12.5 Å². The smallest absolute Gasteiger partial charge is 0.244 e. The molecule has 1 amide bonds. The first-order valence-electron chi connectivity index (χ1n) is 7.60. The van der Waals surface area contributed by atoms with Gasteiger partial charge < -0.3 is 4.90 Å². The summed E-state index contributed by atoms with van der Waals surface area (Å²) in [7, 11) is 0. The highest BCUT2D eigenvalue weighted by Crippen LogP contribution is 2.24. The Morgan fingerprint density at radius 2 is 1.74 bits per heavy atom. The van der Waals surface area contributed by atoms with Crippen molar-refractivity contribution in [2.45, 2.75) is 19.5 Å². The van der Waals surface area contributed by atoms with Crippen molar-refractivity contribution in [2.24, 2.45) is 0 Å². The lowest BCUT2D eigenvalue weighted by Crippen LogP contribution is -2.55. The quantitative estimate of drug-likeness (QED) is 0.868. The number of carbonyl (C=O) groups is 1. The van der Waals surface area contributed by atoms with Gasteiger partial charge in [0.15, 0.2) is 0 Å². The van der Waals surface area contributed by atoms with Crippen LogP contribution < -0.4 is 4.90 Å². The predicted octanol–water partition coefficient (Wildman–Crippen LogP) is 3.20. The normalized spacial score (nSPS) is 19.2. The van der Waals surface area contributed by atoms with Gasteiger partial charge >= 0.3 is 0 Å². The molecule has 0 bridgehead atoms. The van der Waals surface area contributed by atoms with Crippen molar-refractivity contribution < 1.29 is 13.6 Å². The van der Waals surface area contributed by atoms with Gasteiger partial charge in [0.2, 0.25) is 5.91 Å². The van der Waals surface area contributed by atoms with E-state index in [1.807, 2.05) is 11.8 Å². The second-order valence-electron chi connectivity index (χ2n) is 5.71. The van der Waals surface area contributed by atoms with Gasteiger partial charge in [0.05, 0.1) is 11.7 Å². The number of nitrogens with zero attached hydrogens (tertiary/aromatic N) is 2. The maximum absolute atomic E-state index is 13.9. The van der Waals surface area contributed by atoms with Gasteiger partial charge in [-0.25, -0.2) is 8.78 Å². The topological polar surface area (TPSA) is 23.6 Å². The van der Waals surface area contributed by atoms with E-state index in [9.17, 15) is 13.6 Å². The number of amides is 1. The average molecular weight is 316 g/mol. The largest absolute Gasteiger partial charge is 0.307 e. The third kappa shape index (κ3) is 3.24. The van der Waals surface area contributed by atoms with Crippen molar-refractivity contribution in [1.82, 2.24) is 4.90 Å². The van der Waals surface area contributed by atoms with Crippen LogP contribution >= 0.6 is 0 Å². The Bertz CT molecular complexity index is 702. The molecule has 1 aliphatic heterocycles. The molecule has 3 nitrogen and oxygen atoms in total. The number of carbonyl (C=O) groups excluding carboxylic acids is 1. The number of benzene rings is 2. The molecule has 120 valence electrons. The van der Waals surface area contributed by atoms with E-state index < -0.39 is 0 Å². The van der Waals surface area contributed by atoms with Crippen LogP contribution in [0, 0.1) is 11.6 Å². The van der Waals surface area contributed by atoms with Crippen molar-refractivity contribution in [1.29, 1.82) is 0 Å². The molecule has 0 aromatic heterocycles. The number of hydrogen-bond donors (Lipinski definition) is 0. The lowest BCUT2D eigenvalue weighted by molar-refractivity contribution is -0.125. The monoisotopic (exact) mass is 316 g/mol. The minimum atomic E-state index is -0.389. The number of rotatable bonds is 3. The lowest BCUT2D eigenvalue weighted by atomic mass is 10.1. The number of piperazine rings is 1. The van der Waals surface area contributed by atoms with E-state index in [1.54, 1.807) is 30.3 Å². The molecule has 2 aromatic carbocycles. The van der Waals surface area contributed by atoms with Gasteiger partial charge in [0.25, 0.3) is 0 Å². The number of anilines is 1. The molecule has 0 aliphatic carbocycles. The average Bonchev–Trinajstić information content (AvgIpc) is 2.55. The molecule has 1 heterocycles. The van der Waals surface area contributed by atoms with E-state index in [0.29, 0.717) is 25.3 Å². The fourth-order valence-corrected chi connectivity index (χ4v) is 2.86. The van der Waals surface area contributed by atoms with E-state index in [2.05, 4.69) is 0 Å². The van der Waals surface area contributed by atoms with Crippen LogP contribution in [0.2, 0.25) is 0 Å². The highest BCUT2D eigenvalue weighted by Gasteiger charge is 2.33. The summed E-state index contributed by atoms with van der Waals surface area (Å²) in [6.07, 6.45) is 0. The van der Waals surface area contributed by atoms with Crippen LogP contribution in [0.15, 0.2) is 48.5 Å². The fraction of sp³-hybridized carbons (Fsp3) is 0.278. The minimum Gasteiger partial charge on any atom is -0.307 e. The van der Waals surface area contributed by atoms with Crippen molar-refractivity contribution in [2.75, 3.05) is 18.0 Å². The zero-order chi connectivity index (χ0) is 16.4. The van der Waals surface area contributed by atoms with E-state index in [4.69, 9.17) is 0 Å². The Labute approximate surface area is 134 Å². The molecule has 23 heavy (non-hydrogen) atoms. The molecular formula is C18H18F2N2O. The first kappa shape index (κ1) is 15.6. The van der Waals surface area contributed by atoms with Gasteiger partial charge in [-0.15, -0.1) is 0 Å². The molecule has 0 radical (unpaired) electrons. The molecular weight excluding hydrogens is 298 g/mol. The summed E-state index contributed by atoms with van der Waals surface area (Å²) in [5.41, 5.74) is 1.27. The third-order valence-electron chi connectivity index (χ3n) is 4.22. The Morgan fingerprint density at radius 3 is 2.43 bits per heavy atom. The zero-order valence-electron chi connectivity index (χ0n) is 12.9. The molecule has 1 saturated heterocycles. The van der Waals surface area contributed by atoms with Gasteiger partial charge in [0.1, 0.15) is 11.6 Å². The summed E-state index contributed by atoms with van der Waals surface area (Å²) in [5.74, 6) is -0.786. The van der Waals surface area contributed by atoms with E-state index in [0.717, 1.165) is 5.56 Å². The molecule has 2 aromatic rings. The van der Waals surface area contributed by atoms with Crippen LogP contribution in [0.25, 0.3) is 0 Å². The maximum atomic E-state index is 13.9. The second kappa shape index (κ2) is 6.46. The van der Waals surface area contributed by atoms with Gasteiger partial charge in [-0.2, -0.15) is 0 Å². The summed E-state index contributed by atoms with van der Waals surface area (Å²) >= 11 is 0. The lowest BCUT2D eigenvalue weighted by Gasteiger charge is -2.39. The second-order valence-corrected chi connectivity index (χ2v) is 5.71. The molecule has 3 rings (SSSR count). The van der Waals surface area contributed by atoms with Crippen molar-refractivity contribution in [3.63, 3.8) is 0 Å². The van der Waals surface area contributed by atoms with Gasteiger partial charge in [0, 0.05) is 19.6 Å². The predicted molar refractivity (Wildman–Crippen MR) is 85.0 cm³/mol. The van der Waals surface area contributed by atoms with Crippen LogP contribution in [-0.4, -0.2) is 29.9 Å². The molecule has 0 saturated carbocycles. The maximum Gasteiger partial charge on any atom is 0.244 e. The minimum absolute atomic E-state index is 0.122. The highest BCUT2D eigenvalue weighted by molar-refractivity contribution is 5.97. The summed E-state index contributed by atoms with van der Waals surface area (Å²) in [4.78, 5) is 16.1.